The second-order valence-corrected chi connectivity index (χ2v) is 6.23. The predicted octanol–water partition coefficient (Wildman–Crippen LogP) is 4.24. The molecule has 1 aliphatic heterocycles. The molecule has 128 valence electrons. The average molecular weight is 323 g/mol. The molecule has 1 heterocycles. The van der Waals surface area contributed by atoms with Crippen LogP contribution in [0.5, 0.6) is 0 Å². The van der Waals surface area contributed by atoms with Crippen molar-refractivity contribution in [3.8, 4) is 0 Å². The lowest BCUT2D eigenvalue weighted by atomic mass is 9.96. The van der Waals surface area contributed by atoms with Crippen LogP contribution in [-0.2, 0) is 0 Å². The highest BCUT2D eigenvalue weighted by Crippen LogP contribution is 2.24. The van der Waals surface area contributed by atoms with Crippen LogP contribution in [0.1, 0.15) is 18.4 Å². The number of piperidine rings is 1. The van der Waals surface area contributed by atoms with Gasteiger partial charge >= 0.3 is 0 Å². The smallest absolute Gasteiger partial charge is 0.0366 e. The Morgan fingerprint density at radius 2 is 1.88 bits per heavy atom. The number of anilines is 1. The van der Waals surface area contributed by atoms with Crippen LogP contribution in [0.25, 0.3) is 6.08 Å². The second-order valence-electron chi connectivity index (χ2n) is 6.23. The van der Waals surface area contributed by atoms with E-state index < -0.39 is 0 Å². The fraction of sp³-hybridized carbons (Fsp3) is 0.333. The Morgan fingerprint density at radius 3 is 2.50 bits per heavy atom. The Morgan fingerprint density at radius 1 is 1.17 bits per heavy atom. The number of hydrogen-bond acceptors (Lipinski definition) is 3. The van der Waals surface area contributed by atoms with Gasteiger partial charge in [0.15, 0.2) is 0 Å². The van der Waals surface area contributed by atoms with Crippen molar-refractivity contribution in [1.82, 2.24) is 10.2 Å². The molecule has 0 saturated carbocycles. The van der Waals surface area contributed by atoms with Gasteiger partial charge in [0.2, 0.25) is 0 Å². The van der Waals surface area contributed by atoms with E-state index in [1.807, 2.05) is 24.6 Å². The van der Waals surface area contributed by atoms with Crippen LogP contribution in [0.4, 0.5) is 5.69 Å². The summed E-state index contributed by atoms with van der Waals surface area (Å²) < 4.78 is 0. The van der Waals surface area contributed by atoms with Gasteiger partial charge < -0.3 is 15.1 Å². The third kappa shape index (κ3) is 5.65. The largest absolute Gasteiger partial charge is 0.381 e. The molecule has 24 heavy (non-hydrogen) atoms. The molecule has 0 spiro atoms. The van der Waals surface area contributed by atoms with Gasteiger partial charge in [-0.25, -0.2) is 0 Å². The third-order valence-corrected chi connectivity index (χ3v) is 4.44. The molecule has 0 aromatic heterocycles. The zero-order valence-electron chi connectivity index (χ0n) is 14.7. The van der Waals surface area contributed by atoms with Crippen molar-refractivity contribution in [2.45, 2.75) is 12.8 Å². The Bertz CT molecular complexity index is 563. The fourth-order valence-electron chi connectivity index (χ4n) is 3.00. The summed E-state index contributed by atoms with van der Waals surface area (Å²) in [5.41, 5.74) is 2.54. The monoisotopic (exact) mass is 323 g/mol. The van der Waals surface area contributed by atoms with Crippen molar-refractivity contribution in [3.63, 3.8) is 0 Å². The van der Waals surface area contributed by atoms with Gasteiger partial charge in [-0.05, 0) is 54.9 Å². The van der Waals surface area contributed by atoms with E-state index in [1.54, 1.807) is 6.20 Å². The van der Waals surface area contributed by atoms with E-state index in [-0.39, 0.29) is 0 Å². The van der Waals surface area contributed by atoms with Crippen molar-refractivity contribution in [3.05, 3.63) is 73.7 Å². The van der Waals surface area contributed by atoms with E-state index in [4.69, 9.17) is 0 Å². The van der Waals surface area contributed by atoms with Crippen molar-refractivity contribution in [2.24, 2.45) is 5.92 Å². The van der Waals surface area contributed by atoms with E-state index in [1.165, 1.54) is 24.1 Å². The standard InChI is InChI=1S/C21H29N3/c1-4-22-15-7-6-8-19-9-11-21(12-10-19)24-16-13-20(14-17-24)18-23(3)5-2/h4-12,15,20,22H,1-2,13-14,16-18H2,3H3/b8-6-,15-7-. The summed E-state index contributed by atoms with van der Waals surface area (Å²) in [5.74, 6) is 0.780. The maximum atomic E-state index is 3.83. The minimum Gasteiger partial charge on any atom is -0.381 e. The van der Waals surface area contributed by atoms with Crippen molar-refractivity contribution in [1.29, 1.82) is 0 Å². The Balaban J connectivity index is 1.83. The maximum absolute atomic E-state index is 3.83. The minimum absolute atomic E-state index is 0.780. The number of benzene rings is 1. The first-order valence-electron chi connectivity index (χ1n) is 8.61. The molecule has 1 aromatic rings. The zero-order valence-corrected chi connectivity index (χ0v) is 14.7. The van der Waals surface area contributed by atoms with Gasteiger partial charge in [-0.3, -0.25) is 0 Å². The summed E-state index contributed by atoms with van der Waals surface area (Å²) in [4.78, 5) is 4.69. The highest BCUT2D eigenvalue weighted by atomic mass is 15.1. The summed E-state index contributed by atoms with van der Waals surface area (Å²) in [5, 5.41) is 2.92. The molecule has 0 bridgehead atoms. The molecule has 0 unspecified atom stereocenters. The second kappa shape index (κ2) is 9.66. The first-order chi connectivity index (χ1) is 11.7. The van der Waals surface area contributed by atoms with Gasteiger partial charge in [0.05, 0.1) is 0 Å². The molecule has 0 amide bonds. The van der Waals surface area contributed by atoms with E-state index in [2.05, 4.69) is 65.7 Å². The summed E-state index contributed by atoms with van der Waals surface area (Å²) in [6.07, 6.45) is 14.0. The number of nitrogens with zero attached hydrogens (tertiary/aromatic N) is 2. The highest BCUT2D eigenvalue weighted by molar-refractivity contribution is 5.57. The molecule has 2 rings (SSSR count). The van der Waals surface area contributed by atoms with E-state index in [0.29, 0.717) is 0 Å². The topological polar surface area (TPSA) is 18.5 Å². The Kier molecular flexibility index (Phi) is 7.21. The Labute approximate surface area is 146 Å². The molecule has 1 N–H and O–H groups in total. The molecule has 3 heteroatoms. The minimum atomic E-state index is 0.780. The molecular formula is C21H29N3. The van der Waals surface area contributed by atoms with Crippen LogP contribution in [-0.4, -0.2) is 31.6 Å². The van der Waals surface area contributed by atoms with E-state index in [0.717, 1.165) is 25.6 Å². The van der Waals surface area contributed by atoms with Crippen molar-refractivity contribution < 1.29 is 0 Å². The van der Waals surface area contributed by atoms with Gasteiger partial charge in [0.1, 0.15) is 0 Å². The first kappa shape index (κ1) is 17.9. The van der Waals surface area contributed by atoms with Crippen LogP contribution < -0.4 is 10.2 Å². The Hall–Kier alpha value is -2.42. The summed E-state index contributed by atoms with van der Waals surface area (Å²) in [7, 11) is 2.11. The number of rotatable bonds is 8. The molecule has 1 saturated heterocycles. The summed E-state index contributed by atoms with van der Waals surface area (Å²) in [6.45, 7) is 10.8. The zero-order chi connectivity index (χ0) is 17.2. The molecule has 1 fully saturated rings. The van der Waals surface area contributed by atoms with Crippen LogP contribution in [0, 0.1) is 5.92 Å². The van der Waals surface area contributed by atoms with E-state index in [9.17, 15) is 0 Å². The molecule has 1 aromatic carbocycles. The lowest BCUT2D eigenvalue weighted by molar-refractivity contribution is 0.306. The lowest BCUT2D eigenvalue weighted by Gasteiger charge is -2.35. The fourth-order valence-corrected chi connectivity index (χ4v) is 3.00. The van der Waals surface area contributed by atoms with Gasteiger partial charge in [0, 0.05) is 38.6 Å². The van der Waals surface area contributed by atoms with Crippen molar-refractivity contribution in [2.75, 3.05) is 31.6 Å². The summed E-state index contributed by atoms with van der Waals surface area (Å²) >= 11 is 0. The number of hydrogen-bond donors (Lipinski definition) is 1. The van der Waals surface area contributed by atoms with Gasteiger partial charge in [0.25, 0.3) is 0 Å². The van der Waals surface area contributed by atoms with Crippen LogP contribution in [0.3, 0.4) is 0 Å². The maximum Gasteiger partial charge on any atom is 0.0366 e. The molecular weight excluding hydrogens is 294 g/mol. The highest BCUT2D eigenvalue weighted by Gasteiger charge is 2.19. The lowest BCUT2D eigenvalue weighted by Crippen LogP contribution is -2.36. The first-order valence-corrected chi connectivity index (χ1v) is 8.61. The normalized spacial score (nSPS) is 15.8. The van der Waals surface area contributed by atoms with Crippen molar-refractivity contribution >= 4 is 11.8 Å². The number of nitrogens with one attached hydrogen (secondary N) is 1. The van der Waals surface area contributed by atoms with E-state index >= 15 is 0 Å². The molecule has 0 aliphatic carbocycles. The van der Waals surface area contributed by atoms with Gasteiger partial charge in [-0.1, -0.05) is 37.4 Å². The molecule has 3 nitrogen and oxygen atoms in total. The molecule has 0 atom stereocenters. The SMILES string of the molecule is C=CN/C=C\C=C/c1ccc(N2CCC(CN(C)C=C)CC2)cc1. The van der Waals surface area contributed by atoms with Crippen LogP contribution >= 0.6 is 0 Å². The predicted molar refractivity (Wildman–Crippen MR) is 106 cm³/mol. The molecule has 0 radical (unpaired) electrons. The third-order valence-electron chi connectivity index (χ3n) is 4.44. The quantitative estimate of drug-likeness (QED) is 0.722. The van der Waals surface area contributed by atoms with Gasteiger partial charge in [-0.2, -0.15) is 0 Å². The van der Waals surface area contributed by atoms with Crippen LogP contribution in [0.2, 0.25) is 0 Å². The molecule has 1 aliphatic rings. The van der Waals surface area contributed by atoms with Crippen LogP contribution in [0.15, 0.2) is 68.2 Å². The average Bonchev–Trinajstić information content (AvgIpc) is 2.63. The van der Waals surface area contributed by atoms with Gasteiger partial charge in [-0.15, -0.1) is 0 Å². The summed E-state index contributed by atoms with van der Waals surface area (Å²) in [6, 6.07) is 8.81. The number of allylic oxidation sites excluding steroid dienone is 2.